The highest BCUT2D eigenvalue weighted by atomic mass is 35.5. The summed E-state index contributed by atoms with van der Waals surface area (Å²) in [4.78, 5) is 0. The van der Waals surface area contributed by atoms with Gasteiger partial charge in [0.25, 0.3) is 0 Å². The first kappa shape index (κ1) is 14.1. The summed E-state index contributed by atoms with van der Waals surface area (Å²) in [6.07, 6.45) is 1.77. The Hall–Kier alpha value is -1.30. The number of aromatic amines is 1. The van der Waals surface area contributed by atoms with E-state index in [4.69, 9.17) is 35.4 Å². The summed E-state index contributed by atoms with van der Waals surface area (Å²) in [5.74, 6) is 0.802. The summed E-state index contributed by atoms with van der Waals surface area (Å²) in [5.41, 5.74) is 0.869. The molecular weight excluding hydrogens is 303 g/mol. The lowest BCUT2D eigenvalue weighted by Gasteiger charge is -2.08. The maximum absolute atomic E-state index is 5.95. The maximum atomic E-state index is 5.95. The van der Waals surface area contributed by atoms with Crippen LogP contribution in [0.3, 0.4) is 0 Å². The number of nitrogens with one attached hydrogen (secondary N) is 2. The molecule has 2 aromatic rings. The van der Waals surface area contributed by atoms with Gasteiger partial charge in [0.2, 0.25) is 0 Å². The molecule has 0 radical (unpaired) electrons. The fourth-order valence-electron chi connectivity index (χ4n) is 1.59. The van der Waals surface area contributed by atoms with Crippen LogP contribution >= 0.6 is 35.4 Å². The molecule has 2 rings (SSSR count). The van der Waals surface area contributed by atoms with Crippen molar-refractivity contribution in [2.75, 3.05) is 5.32 Å². The Balaban J connectivity index is 2.12. The van der Waals surface area contributed by atoms with Gasteiger partial charge in [0, 0.05) is 12.2 Å². The molecule has 19 heavy (non-hydrogen) atoms. The minimum atomic E-state index is 0.511. The molecule has 2 N–H and O–H groups in total. The van der Waals surface area contributed by atoms with Crippen molar-refractivity contribution in [3.05, 3.63) is 51.5 Å². The van der Waals surface area contributed by atoms with Gasteiger partial charge in [-0.05, 0) is 30.4 Å². The summed E-state index contributed by atoms with van der Waals surface area (Å²) in [6.45, 7) is 4.84. The van der Waals surface area contributed by atoms with E-state index in [1.807, 2.05) is 10.6 Å². The Morgan fingerprint density at radius 1 is 1.42 bits per heavy atom. The van der Waals surface area contributed by atoms with Crippen LogP contribution in [-0.4, -0.2) is 14.8 Å². The number of H-pyrrole nitrogens is 1. The Morgan fingerprint density at radius 2 is 2.21 bits per heavy atom. The van der Waals surface area contributed by atoms with Crippen LogP contribution in [0.15, 0.2) is 30.9 Å². The van der Waals surface area contributed by atoms with Crippen molar-refractivity contribution < 1.29 is 0 Å². The van der Waals surface area contributed by atoms with Gasteiger partial charge in [0.15, 0.2) is 10.6 Å². The molecule has 100 valence electrons. The first-order chi connectivity index (χ1) is 9.11. The third-order valence-corrected chi connectivity index (χ3v) is 3.57. The highest BCUT2D eigenvalue weighted by molar-refractivity contribution is 7.71. The number of anilines is 1. The van der Waals surface area contributed by atoms with Crippen molar-refractivity contribution in [2.24, 2.45) is 0 Å². The number of hydrogen-bond acceptors (Lipinski definition) is 3. The van der Waals surface area contributed by atoms with Gasteiger partial charge in [-0.15, -0.1) is 6.58 Å². The van der Waals surface area contributed by atoms with E-state index < -0.39 is 0 Å². The van der Waals surface area contributed by atoms with Gasteiger partial charge in [-0.25, -0.2) is 0 Å². The molecule has 0 saturated carbocycles. The second kappa shape index (κ2) is 6.23. The third-order valence-electron chi connectivity index (χ3n) is 2.52. The quantitative estimate of drug-likeness (QED) is 0.646. The average Bonchev–Trinajstić information content (AvgIpc) is 2.73. The van der Waals surface area contributed by atoms with E-state index in [1.54, 1.807) is 18.2 Å². The van der Waals surface area contributed by atoms with Crippen LogP contribution in [0.5, 0.6) is 0 Å². The summed E-state index contributed by atoms with van der Waals surface area (Å²) in [6, 6.07) is 5.36. The molecule has 0 unspecified atom stereocenters. The Morgan fingerprint density at radius 3 is 2.89 bits per heavy atom. The Labute approximate surface area is 126 Å². The van der Waals surface area contributed by atoms with Crippen LogP contribution in [0.1, 0.15) is 5.82 Å². The third kappa shape index (κ3) is 3.37. The van der Waals surface area contributed by atoms with Crippen LogP contribution in [0.25, 0.3) is 0 Å². The highest BCUT2D eigenvalue weighted by Gasteiger charge is 2.05. The minimum Gasteiger partial charge on any atom is -0.378 e. The predicted octanol–water partition coefficient (Wildman–Crippen LogP) is 4.05. The number of rotatable bonds is 5. The number of halogens is 2. The average molecular weight is 315 g/mol. The molecule has 0 aliphatic heterocycles. The standard InChI is InChI=1S/C12H12Cl2N4S/c1-2-5-18-11(16-17-12(18)19)7-15-8-3-4-9(13)10(14)6-8/h2-4,6,15H,1,5,7H2,(H,17,19). The second-order valence-electron chi connectivity index (χ2n) is 3.83. The molecule has 0 aliphatic rings. The van der Waals surface area contributed by atoms with E-state index >= 15 is 0 Å². The van der Waals surface area contributed by atoms with Crippen LogP contribution in [0, 0.1) is 4.77 Å². The number of benzene rings is 1. The van der Waals surface area contributed by atoms with Crippen molar-refractivity contribution in [2.45, 2.75) is 13.1 Å². The molecule has 1 aromatic heterocycles. The van der Waals surface area contributed by atoms with E-state index in [-0.39, 0.29) is 0 Å². The molecule has 1 aromatic carbocycles. The predicted molar refractivity (Wildman–Crippen MR) is 81.4 cm³/mol. The smallest absolute Gasteiger partial charge is 0.195 e. The van der Waals surface area contributed by atoms with E-state index in [0.29, 0.717) is 27.9 Å². The first-order valence-electron chi connectivity index (χ1n) is 5.55. The van der Waals surface area contributed by atoms with Crippen LogP contribution < -0.4 is 5.32 Å². The monoisotopic (exact) mass is 314 g/mol. The van der Waals surface area contributed by atoms with Gasteiger partial charge in [0.1, 0.15) is 0 Å². The fourth-order valence-corrected chi connectivity index (χ4v) is 2.11. The lowest BCUT2D eigenvalue weighted by atomic mass is 10.3. The summed E-state index contributed by atoms with van der Waals surface area (Å²) >= 11 is 17.0. The molecule has 0 atom stereocenters. The Kier molecular flexibility index (Phi) is 4.63. The second-order valence-corrected chi connectivity index (χ2v) is 5.03. The van der Waals surface area contributed by atoms with Crippen LogP contribution in [0.2, 0.25) is 10.0 Å². The molecule has 0 amide bonds. The first-order valence-corrected chi connectivity index (χ1v) is 6.72. The fraction of sp³-hybridized carbons (Fsp3) is 0.167. The SMILES string of the molecule is C=CCn1c(CNc2ccc(Cl)c(Cl)c2)n[nH]c1=S. The van der Waals surface area contributed by atoms with Gasteiger partial charge in [0.05, 0.1) is 16.6 Å². The van der Waals surface area contributed by atoms with Crippen molar-refractivity contribution in [3.8, 4) is 0 Å². The zero-order valence-electron chi connectivity index (χ0n) is 9.99. The Bertz CT molecular complexity index is 647. The molecular formula is C12H12Cl2N4S. The van der Waals surface area contributed by atoms with Gasteiger partial charge >= 0.3 is 0 Å². The molecule has 0 bridgehead atoms. The van der Waals surface area contributed by atoms with Crippen molar-refractivity contribution >= 4 is 41.1 Å². The number of aromatic nitrogens is 3. The van der Waals surface area contributed by atoms with Gasteiger partial charge in [-0.2, -0.15) is 5.10 Å². The largest absolute Gasteiger partial charge is 0.378 e. The molecule has 4 nitrogen and oxygen atoms in total. The van der Waals surface area contributed by atoms with E-state index in [0.717, 1.165) is 11.5 Å². The maximum Gasteiger partial charge on any atom is 0.195 e. The van der Waals surface area contributed by atoms with Gasteiger partial charge < -0.3 is 5.32 Å². The van der Waals surface area contributed by atoms with Crippen molar-refractivity contribution in [3.63, 3.8) is 0 Å². The molecule has 0 spiro atoms. The molecule has 0 fully saturated rings. The zero-order valence-corrected chi connectivity index (χ0v) is 12.3. The van der Waals surface area contributed by atoms with Crippen LogP contribution in [-0.2, 0) is 13.1 Å². The molecule has 0 saturated heterocycles. The zero-order chi connectivity index (χ0) is 13.8. The van der Waals surface area contributed by atoms with E-state index in [9.17, 15) is 0 Å². The normalized spacial score (nSPS) is 10.4. The number of allylic oxidation sites excluding steroid dienone is 1. The number of nitrogens with zero attached hydrogens (tertiary/aromatic N) is 2. The summed E-state index contributed by atoms with van der Waals surface area (Å²) < 4.78 is 2.44. The van der Waals surface area contributed by atoms with Crippen molar-refractivity contribution in [1.29, 1.82) is 0 Å². The minimum absolute atomic E-state index is 0.511. The molecule has 7 heteroatoms. The lowest BCUT2D eigenvalue weighted by Crippen LogP contribution is -2.08. The van der Waals surface area contributed by atoms with Crippen LogP contribution in [0.4, 0.5) is 5.69 Å². The highest BCUT2D eigenvalue weighted by Crippen LogP contribution is 2.25. The lowest BCUT2D eigenvalue weighted by molar-refractivity contribution is 0.744. The van der Waals surface area contributed by atoms with Gasteiger partial charge in [-0.3, -0.25) is 9.67 Å². The van der Waals surface area contributed by atoms with E-state index in [2.05, 4.69) is 22.1 Å². The molecule has 1 heterocycles. The van der Waals surface area contributed by atoms with Crippen molar-refractivity contribution in [1.82, 2.24) is 14.8 Å². The molecule has 0 aliphatic carbocycles. The van der Waals surface area contributed by atoms with E-state index in [1.165, 1.54) is 0 Å². The number of hydrogen-bond donors (Lipinski definition) is 2. The summed E-state index contributed by atoms with van der Waals surface area (Å²) in [7, 11) is 0. The topological polar surface area (TPSA) is 45.6 Å². The summed E-state index contributed by atoms with van der Waals surface area (Å²) in [5, 5.41) is 11.2. The van der Waals surface area contributed by atoms with Gasteiger partial charge in [-0.1, -0.05) is 29.3 Å².